The molecule has 3 heteroatoms. The van der Waals surface area contributed by atoms with Crippen LogP contribution in [-0.2, 0) is 12.0 Å². The van der Waals surface area contributed by atoms with E-state index in [0.717, 1.165) is 23.6 Å². The van der Waals surface area contributed by atoms with Gasteiger partial charge in [0, 0.05) is 23.7 Å². The Labute approximate surface area is 123 Å². The summed E-state index contributed by atoms with van der Waals surface area (Å²) >= 11 is 0. The molecule has 1 fully saturated rings. The molecule has 0 amide bonds. The summed E-state index contributed by atoms with van der Waals surface area (Å²) in [5.41, 5.74) is 2.04. The monoisotopic (exact) mass is 276 g/mol. The van der Waals surface area contributed by atoms with E-state index in [1.807, 2.05) is 6.07 Å². The van der Waals surface area contributed by atoms with Crippen molar-refractivity contribution >= 4 is 5.82 Å². The lowest BCUT2D eigenvalue weighted by Crippen LogP contribution is -2.34. The lowest BCUT2D eigenvalue weighted by molar-refractivity contribution is 0.281. The molecule has 0 saturated heterocycles. The Morgan fingerprint density at radius 2 is 1.90 bits per heavy atom. The van der Waals surface area contributed by atoms with Gasteiger partial charge in [-0.1, -0.05) is 33.6 Å². The van der Waals surface area contributed by atoms with Crippen LogP contribution in [0, 0.1) is 0 Å². The summed E-state index contributed by atoms with van der Waals surface area (Å²) in [6.45, 7) is 9.78. The molecule has 20 heavy (non-hydrogen) atoms. The van der Waals surface area contributed by atoms with E-state index in [9.17, 15) is 5.11 Å². The molecule has 0 atom stereocenters. The average Bonchev–Trinajstić information content (AvgIpc) is 2.92. The van der Waals surface area contributed by atoms with Gasteiger partial charge in [0.2, 0.25) is 0 Å². The fourth-order valence-corrected chi connectivity index (χ4v) is 3.02. The summed E-state index contributed by atoms with van der Waals surface area (Å²) < 4.78 is 0. The predicted molar refractivity (Wildman–Crippen MR) is 84.1 cm³/mol. The van der Waals surface area contributed by atoms with Crippen LogP contribution < -0.4 is 4.90 Å². The molecule has 1 aromatic rings. The molecule has 0 aromatic carbocycles. The van der Waals surface area contributed by atoms with Crippen molar-refractivity contribution in [2.45, 2.75) is 71.4 Å². The van der Waals surface area contributed by atoms with Gasteiger partial charge in [-0.05, 0) is 37.5 Å². The molecular weight excluding hydrogens is 248 g/mol. The van der Waals surface area contributed by atoms with Crippen molar-refractivity contribution < 1.29 is 5.11 Å². The summed E-state index contributed by atoms with van der Waals surface area (Å²) in [6, 6.07) is 4.71. The van der Waals surface area contributed by atoms with E-state index >= 15 is 0 Å². The Kier molecular flexibility index (Phi) is 4.69. The Hall–Kier alpha value is -1.09. The van der Waals surface area contributed by atoms with E-state index in [2.05, 4.69) is 38.7 Å². The first kappa shape index (κ1) is 15.3. The van der Waals surface area contributed by atoms with Crippen molar-refractivity contribution in [2.75, 3.05) is 11.4 Å². The third-order valence-electron chi connectivity index (χ3n) is 4.22. The highest BCUT2D eigenvalue weighted by Crippen LogP contribution is 2.30. The molecule has 2 rings (SSSR count). The standard InChI is InChI=1S/C17H28N2O/c1-5-19(14-8-6-7-9-14)16-11-13(12-20)10-15(18-16)17(2,3)4/h10-11,14,20H,5-9,12H2,1-4H3. The van der Waals surface area contributed by atoms with Crippen LogP contribution in [0.15, 0.2) is 12.1 Å². The lowest BCUT2D eigenvalue weighted by Gasteiger charge is -2.31. The fraction of sp³-hybridized carbons (Fsp3) is 0.706. The number of aromatic nitrogens is 1. The summed E-state index contributed by atoms with van der Waals surface area (Å²) in [7, 11) is 0. The lowest BCUT2D eigenvalue weighted by atomic mass is 9.90. The average molecular weight is 276 g/mol. The number of anilines is 1. The van der Waals surface area contributed by atoms with E-state index in [1.54, 1.807) is 0 Å². The molecule has 1 aliphatic rings. The third kappa shape index (κ3) is 3.32. The minimum Gasteiger partial charge on any atom is -0.392 e. The van der Waals surface area contributed by atoms with E-state index < -0.39 is 0 Å². The van der Waals surface area contributed by atoms with Crippen molar-refractivity contribution in [1.82, 2.24) is 4.98 Å². The van der Waals surface area contributed by atoms with E-state index in [0.29, 0.717) is 6.04 Å². The first-order valence-corrected chi connectivity index (χ1v) is 7.84. The minimum absolute atomic E-state index is 0.00895. The van der Waals surface area contributed by atoms with Crippen LogP contribution in [0.2, 0.25) is 0 Å². The van der Waals surface area contributed by atoms with Crippen molar-refractivity contribution in [1.29, 1.82) is 0 Å². The largest absolute Gasteiger partial charge is 0.392 e. The Balaban J connectivity index is 2.38. The van der Waals surface area contributed by atoms with Crippen LogP contribution in [0.4, 0.5) is 5.82 Å². The highest BCUT2D eigenvalue weighted by Gasteiger charge is 2.24. The van der Waals surface area contributed by atoms with Gasteiger partial charge in [0.15, 0.2) is 0 Å². The molecule has 1 saturated carbocycles. The number of hydrogen-bond acceptors (Lipinski definition) is 3. The molecule has 3 nitrogen and oxygen atoms in total. The van der Waals surface area contributed by atoms with E-state index in [-0.39, 0.29) is 12.0 Å². The Morgan fingerprint density at radius 1 is 1.25 bits per heavy atom. The van der Waals surface area contributed by atoms with Crippen LogP contribution in [-0.4, -0.2) is 22.7 Å². The number of nitrogens with zero attached hydrogens (tertiary/aromatic N) is 2. The molecular formula is C17H28N2O. The van der Waals surface area contributed by atoms with Gasteiger partial charge in [-0.2, -0.15) is 0 Å². The smallest absolute Gasteiger partial charge is 0.129 e. The van der Waals surface area contributed by atoms with Gasteiger partial charge >= 0.3 is 0 Å². The molecule has 1 heterocycles. The zero-order valence-corrected chi connectivity index (χ0v) is 13.3. The number of rotatable bonds is 4. The first-order valence-electron chi connectivity index (χ1n) is 7.84. The molecule has 0 spiro atoms. The topological polar surface area (TPSA) is 36.4 Å². The molecule has 0 radical (unpaired) electrons. The van der Waals surface area contributed by atoms with Gasteiger partial charge in [0.1, 0.15) is 5.82 Å². The maximum Gasteiger partial charge on any atom is 0.129 e. The predicted octanol–water partition coefficient (Wildman–Crippen LogP) is 3.64. The number of aliphatic hydroxyl groups excluding tert-OH is 1. The molecule has 1 N–H and O–H groups in total. The quantitative estimate of drug-likeness (QED) is 0.912. The Bertz CT molecular complexity index is 445. The molecule has 0 bridgehead atoms. The number of aliphatic hydroxyl groups is 1. The van der Waals surface area contributed by atoms with Crippen LogP contribution in [0.3, 0.4) is 0 Å². The maximum absolute atomic E-state index is 9.53. The van der Waals surface area contributed by atoms with Gasteiger partial charge in [0.25, 0.3) is 0 Å². The van der Waals surface area contributed by atoms with Crippen molar-refractivity contribution in [3.63, 3.8) is 0 Å². The SMILES string of the molecule is CCN(c1cc(CO)cc(C(C)(C)C)n1)C1CCCC1. The van der Waals surface area contributed by atoms with Crippen molar-refractivity contribution in [3.05, 3.63) is 23.4 Å². The van der Waals surface area contributed by atoms with Crippen LogP contribution in [0.5, 0.6) is 0 Å². The van der Waals surface area contributed by atoms with Gasteiger partial charge in [0.05, 0.1) is 6.61 Å². The summed E-state index contributed by atoms with van der Waals surface area (Å²) in [5.74, 6) is 1.04. The minimum atomic E-state index is 0.00895. The molecule has 1 aromatic heterocycles. The van der Waals surface area contributed by atoms with Crippen molar-refractivity contribution in [3.8, 4) is 0 Å². The molecule has 0 aliphatic heterocycles. The zero-order chi connectivity index (χ0) is 14.8. The maximum atomic E-state index is 9.53. The number of pyridine rings is 1. The highest BCUT2D eigenvalue weighted by atomic mass is 16.3. The van der Waals surface area contributed by atoms with Gasteiger partial charge < -0.3 is 10.0 Å². The molecule has 1 aliphatic carbocycles. The van der Waals surface area contributed by atoms with Crippen LogP contribution in [0.1, 0.15) is 64.6 Å². The van der Waals surface area contributed by atoms with E-state index in [4.69, 9.17) is 4.98 Å². The molecule has 112 valence electrons. The summed E-state index contributed by atoms with van der Waals surface area (Å²) in [5, 5.41) is 9.53. The van der Waals surface area contributed by atoms with Gasteiger partial charge in [-0.25, -0.2) is 4.98 Å². The fourth-order valence-electron chi connectivity index (χ4n) is 3.02. The van der Waals surface area contributed by atoms with Crippen molar-refractivity contribution in [2.24, 2.45) is 0 Å². The third-order valence-corrected chi connectivity index (χ3v) is 4.22. The Morgan fingerprint density at radius 3 is 2.40 bits per heavy atom. The second-order valence-corrected chi connectivity index (χ2v) is 6.85. The number of hydrogen-bond donors (Lipinski definition) is 1. The highest BCUT2D eigenvalue weighted by molar-refractivity contribution is 5.45. The van der Waals surface area contributed by atoms with Gasteiger partial charge in [-0.3, -0.25) is 0 Å². The van der Waals surface area contributed by atoms with Crippen LogP contribution >= 0.6 is 0 Å². The summed E-state index contributed by atoms with van der Waals surface area (Å²) in [6.07, 6.45) is 5.19. The zero-order valence-electron chi connectivity index (χ0n) is 13.3. The van der Waals surface area contributed by atoms with Gasteiger partial charge in [-0.15, -0.1) is 0 Å². The first-order chi connectivity index (χ1) is 9.45. The second-order valence-electron chi connectivity index (χ2n) is 6.85. The second kappa shape index (κ2) is 6.13. The normalized spacial score (nSPS) is 16.6. The van der Waals surface area contributed by atoms with Crippen LogP contribution in [0.25, 0.3) is 0 Å². The van der Waals surface area contributed by atoms with E-state index in [1.165, 1.54) is 25.7 Å². The summed E-state index contributed by atoms with van der Waals surface area (Å²) in [4.78, 5) is 7.30. The molecule has 0 unspecified atom stereocenters.